The highest BCUT2D eigenvalue weighted by atomic mass is 16.2. The Morgan fingerprint density at radius 2 is 1.94 bits per heavy atom. The molecule has 84 valence electrons. The molecule has 2 amide bonds. The molecule has 0 unspecified atom stereocenters. The normalized spacial score (nSPS) is 17.5. The molecule has 3 heteroatoms. The number of benzene rings is 1. The molecule has 0 N–H and O–H groups in total. The van der Waals surface area contributed by atoms with Gasteiger partial charge in [0.1, 0.15) is 0 Å². The van der Waals surface area contributed by atoms with Gasteiger partial charge in [-0.1, -0.05) is 18.2 Å². The van der Waals surface area contributed by atoms with E-state index in [-0.39, 0.29) is 11.8 Å². The molecule has 0 aliphatic carbocycles. The number of para-hydroxylation sites is 1. The van der Waals surface area contributed by atoms with Crippen LogP contribution in [0.3, 0.4) is 0 Å². The molecule has 1 aliphatic heterocycles. The molecule has 1 aliphatic rings. The van der Waals surface area contributed by atoms with Crippen LogP contribution in [0.5, 0.6) is 0 Å². The Hall–Kier alpha value is -1.64. The molecule has 0 fully saturated rings. The third kappa shape index (κ3) is 1.21. The minimum atomic E-state index is -0.604. The minimum Gasteiger partial charge on any atom is -0.274 e. The van der Waals surface area contributed by atoms with Crippen LogP contribution in [-0.4, -0.2) is 11.8 Å². The van der Waals surface area contributed by atoms with Gasteiger partial charge in [-0.2, -0.15) is 0 Å². The van der Waals surface area contributed by atoms with Crippen molar-refractivity contribution in [3.8, 4) is 0 Å². The summed E-state index contributed by atoms with van der Waals surface area (Å²) in [5.41, 5.74) is 2.07. The Labute approximate surface area is 95.1 Å². The quantitative estimate of drug-likeness (QED) is 0.667. The topological polar surface area (TPSA) is 37.4 Å². The largest absolute Gasteiger partial charge is 0.274 e. The summed E-state index contributed by atoms with van der Waals surface area (Å²) in [4.78, 5) is 25.0. The molecule has 0 saturated carbocycles. The molecule has 0 saturated heterocycles. The van der Waals surface area contributed by atoms with E-state index in [0.29, 0.717) is 0 Å². The predicted octanol–water partition coefficient (Wildman–Crippen LogP) is 2.17. The van der Waals surface area contributed by atoms with Crippen molar-refractivity contribution in [1.29, 1.82) is 0 Å². The van der Waals surface area contributed by atoms with E-state index < -0.39 is 5.41 Å². The molecule has 1 aromatic carbocycles. The molecule has 0 radical (unpaired) electrons. The SMILES string of the molecule is CC(=O)N1C(=O)C(C)(C)c2cccc(C)c21. The summed E-state index contributed by atoms with van der Waals surface area (Å²) in [6.45, 7) is 7.06. The minimum absolute atomic E-state index is 0.135. The van der Waals surface area contributed by atoms with Crippen molar-refractivity contribution in [3.63, 3.8) is 0 Å². The number of hydrogen-bond donors (Lipinski definition) is 0. The van der Waals surface area contributed by atoms with E-state index in [2.05, 4.69) is 0 Å². The van der Waals surface area contributed by atoms with E-state index in [9.17, 15) is 9.59 Å². The zero-order valence-electron chi connectivity index (χ0n) is 10.00. The summed E-state index contributed by atoms with van der Waals surface area (Å²) in [7, 11) is 0. The summed E-state index contributed by atoms with van der Waals surface area (Å²) >= 11 is 0. The maximum absolute atomic E-state index is 12.2. The van der Waals surface area contributed by atoms with Crippen LogP contribution in [0.25, 0.3) is 0 Å². The Bertz CT molecular complexity index is 489. The maximum Gasteiger partial charge on any atom is 0.243 e. The van der Waals surface area contributed by atoms with Crippen molar-refractivity contribution in [2.75, 3.05) is 4.90 Å². The van der Waals surface area contributed by atoms with Crippen molar-refractivity contribution in [2.24, 2.45) is 0 Å². The van der Waals surface area contributed by atoms with Gasteiger partial charge in [0.15, 0.2) is 0 Å². The molecular formula is C13H15NO2. The molecule has 1 heterocycles. The van der Waals surface area contributed by atoms with Crippen molar-refractivity contribution in [2.45, 2.75) is 33.1 Å². The van der Waals surface area contributed by atoms with Gasteiger partial charge < -0.3 is 0 Å². The molecule has 0 bridgehead atoms. The third-order valence-corrected chi connectivity index (χ3v) is 3.19. The molecule has 0 atom stereocenters. The highest BCUT2D eigenvalue weighted by Crippen LogP contribution is 2.43. The summed E-state index contributed by atoms with van der Waals surface area (Å²) < 4.78 is 0. The molecule has 0 spiro atoms. The van der Waals surface area contributed by atoms with Crippen molar-refractivity contribution in [3.05, 3.63) is 29.3 Å². The highest BCUT2D eigenvalue weighted by Gasteiger charge is 2.46. The van der Waals surface area contributed by atoms with E-state index >= 15 is 0 Å². The first-order valence-electron chi connectivity index (χ1n) is 5.32. The lowest BCUT2D eigenvalue weighted by molar-refractivity contribution is -0.127. The zero-order chi connectivity index (χ0) is 12.1. The Balaban J connectivity index is 2.75. The number of aryl methyl sites for hydroxylation is 1. The van der Waals surface area contributed by atoms with Crippen LogP contribution in [0.1, 0.15) is 31.9 Å². The van der Waals surface area contributed by atoms with Gasteiger partial charge >= 0.3 is 0 Å². The van der Waals surface area contributed by atoms with Crippen LogP contribution in [0.15, 0.2) is 18.2 Å². The number of fused-ring (bicyclic) bond motifs is 1. The van der Waals surface area contributed by atoms with Gasteiger partial charge in [-0.3, -0.25) is 9.59 Å². The van der Waals surface area contributed by atoms with Gasteiger partial charge in [-0.15, -0.1) is 0 Å². The van der Waals surface area contributed by atoms with E-state index in [0.717, 1.165) is 16.8 Å². The third-order valence-electron chi connectivity index (χ3n) is 3.19. The fraction of sp³-hybridized carbons (Fsp3) is 0.385. The lowest BCUT2D eigenvalue weighted by Crippen LogP contribution is -2.39. The standard InChI is InChI=1S/C13H15NO2/c1-8-6-5-7-10-11(8)14(9(2)15)12(16)13(10,3)4/h5-7H,1-4H3. The Kier molecular flexibility index (Phi) is 2.15. The van der Waals surface area contributed by atoms with E-state index in [4.69, 9.17) is 0 Å². The van der Waals surface area contributed by atoms with Gasteiger partial charge in [-0.25, -0.2) is 4.90 Å². The first-order valence-corrected chi connectivity index (χ1v) is 5.32. The smallest absolute Gasteiger partial charge is 0.243 e. The monoisotopic (exact) mass is 217 g/mol. The highest BCUT2D eigenvalue weighted by molar-refractivity contribution is 6.22. The first-order chi connectivity index (χ1) is 7.37. The Morgan fingerprint density at radius 3 is 2.50 bits per heavy atom. The zero-order valence-corrected chi connectivity index (χ0v) is 10.00. The molecule has 0 aromatic heterocycles. The fourth-order valence-electron chi connectivity index (χ4n) is 2.26. The lowest BCUT2D eigenvalue weighted by Gasteiger charge is -2.17. The number of hydrogen-bond acceptors (Lipinski definition) is 2. The lowest BCUT2D eigenvalue weighted by atomic mass is 9.85. The first kappa shape index (κ1) is 10.9. The summed E-state index contributed by atoms with van der Waals surface area (Å²) in [5.74, 6) is -0.351. The number of nitrogens with zero attached hydrogens (tertiary/aromatic N) is 1. The predicted molar refractivity (Wildman–Crippen MR) is 62.4 cm³/mol. The van der Waals surface area contributed by atoms with Crippen LogP contribution >= 0.6 is 0 Å². The van der Waals surface area contributed by atoms with Crippen molar-refractivity contribution >= 4 is 17.5 Å². The van der Waals surface area contributed by atoms with Crippen LogP contribution in [0.4, 0.5) is 5.69 Å². The average molecular weight is 217 g/mol. The molecule has 3 nitrogen and oxygen atoms in total. The maximum atomic E-state index is 12.2. The van der Waals surface area contributed by atoms with Crippen LogP contribution < -0.4 is 4.90 Å². The van der Waals surface area contributed by atoms with Crippen molar-refractivity contribution in [1.82, 2.24) is 0 Å². The van der Waals surface area contributed by atoms with E-state index in [1.54, 1.807) is 0 Å². The second-order valence-corrected chi connectivity index (χ2v) is 4.76. The molecule has 16 heavy (non-hydrogen) atoms. The van der Waals surface area contributed by atoms with E-state index in [1.807, 2.05) is 39.0 Å². The number of carbonyl (C=O) groups excluding carboxylic acids is 2. The van der Waals surface area contributed by atoms with Crippen LogP contribution in [0.2, 0.25) is 0 Å². The van der Waals surface area contributed by atoms with Gasteiger partial charge in [0.2, 0.25) is 11.8 Å². The number of anilines is 1. The average Bonchev–Trinajstić information content (AvgIpc) is 2.38. The summed E-state index contributed by atoms with van der Waals surface area (Å²) in [5, 5.41) is 0. The Morgan fingerprint density at radius 1 is 1.31 bits per heavy atom. The van der Waals surface area contributed by atoms with Crippen LogP contribution in [0, 0.1) is 6.92 Å². The van der Waals surface area contributed by atoms with Crippen molar-refractivity contribution < 1.29 is 9.59 Å². The number of amides is 2. The second-order valence-electron chi connectivity index (χ2n) is 4.76. The molecule has 2 rings (SSSR count). The van der Waals surface area contributed by atoms with Crippen LogP contribution in [-0.2, 0) is 15.0 Å². The molecular weight excluding hydrogens is 202 g/mol. The number of carbonyl (C=O) groups is 2. The number of imide groups is 1. The van der Waals surface area contributed by atoms with Gasteiger partial charge in [0.05, 0.1) is 11.1 Å². The van der Waals surface area contributed by atoms with E-state index in [1.165, 1.54) is 11.8 Å². The summed E-state index contributed by atoms with van der Waals surface area (Å²) in [6, 6.07) is 5.76. The number of rotatable bonds is 0. The second kappa shape index (κ2) is 3.17. The summed E-state index contributed by atoms with van der Waals surface area (Å²) in [6.07, 6.45) is 0. The molecule has 1 aromatic rings. The fourth-order valence-corrected chi connectivity index (χ4v) is 2.26. The van der Waals surface area contributed by atoms with Gasteiger partial charge in [0.25, 0.3) is 0 Å². The van der Waals surface area contributed by atoms with Gasteiger partial charge in [0, 0.05) is 6.92 Å². The van der Waals surface area contributed by atoms with Gasteiger partial charge in [-0.05, 0) is 31.9 Å².